The van der Waals surface area contributed by atoms with Crippen LogP contribution in [0.15, 0.2) is 47.8 Å². The third-order valence-corrected chi connectivity index (χ3v) is 5.04. The van der Waals surface area contributed by atoms with Gasteiger partial charge in [-0.15, -0.1) is 11.3 Å². The summed E-state index contributed by atoms with van der Waals surface area (Å²) in [4.78, 5) is 27.4. The van der Waals surface area contributed by atoms with Crippen LogP contribution in [0.2, 0.25) is 5.02 Å². The van der Waals surface area contributed by atoms with Crippen LogP contribution in [0.4, 0.5) is 10.8 Å². The molecule has 0 aliphatic carbocycles. The number of aromatic nitrogens is 1. The van der Waals surface area contributed by atoms with Gasteiger partial charge in [0, 0.05) is 22.0 Å². The summed E-state index contributed by atoms with van der Waals surface area (Å²) in [7, 11) is 0. The number of thiazole rings is 1. The number of nitro benzene ring substituents is 1. The summed E-state index contributed by atoms with van der Waals surface area (Å²) in [5.74, 6) is 0.176. The first-order chi connectivity index (χ1) is 14.0. The van der Waals surface area contributed by atoms with Gasteiger partial charge in [0.2, 0.25) is 0 Å². The molecule has 0 aliphatic rings. The quantitative estimate of drug-likeness (QED) is 0.276. The second kappa shape index (κ2) is 9.49. The number of hydrogen-bond donors (Lipinski definition) is 1. The summed E-state index contributed by atoms with van der Waals surface area (Å²) in [6, 6.07) is 11.4. The van der Waals surface area contributed by atoms with Crippen molar-refractivity contribution in [3.63, 3.8) is 0 Å². The van der Waals surface area contributed by atoms with Crippen molar-refractivity contribution in [2.45, 2.75) is 19.8 Å². The zero-order valence-corrected chi connectivity index (χ0v) is 17.1. The number of unbranched alkanes of at least 4 members (excludes halogenated alkanes) is 1. The molecular weight excluding hydrogens is 414 g/mol. The molecule has 1 amide bonds. The molecule has 0 aliphatic heterocycles. The molecule has 1 aromatic heterocycles. The number of carbonyl (C=O) groups excluding carboxylic acids is 1. The number of nitrogens with zero attached hydrogens (tertiary/aromatic N) is 2. The van der Waals surface area contributed by atoms with E-state index in [2.05, 4.69) is 17.2 Å². The SMILES string of the molecule is CCCCOc1ccc(-c2csc(NC(=O)c3ccc(Cl)cc3[N+](=O)[O-])n2)cc1. The molecule has 1 heterocycles. The van der Waals surface area contributed by atoms with E-state index in [1.807, 2.05) is 24.3 Å². The number of nitro groups is 1. The highest BCUT2D eigenvalue weighted by atomic mass is 35.5. The first kappa shape index (κ1) is 20.8. The summed E-state index contributed by atoms with van der Waals surface area (Å²) < 4.78 is 5.64. The maximum absolute atomic E-state index is 12.5. The molecule has 0 spiro atoms. The van der Waals surface area contributed by atoms with E-state index >= 15 is 0 Å². The first-order valence-corrected chi connectivity index (χ1v) is 10.2. The van der Waals surface area contributed by atoms with Crippen molar-refractivity contribution >= 4 is 39.7 Å². The Morgan fingerprint density at radius 3 is 2.72 bits per heavy atom. The molecular formula is C20H18ClN3O4S. The number of ether oxygens (including phenoxy) is 1. The van der Waals surface area contributed by atoms with E-state index in [0.717, 1.165) is 30.2 Å². The average Bonchev–Trinajstić information content (AvgIpc) is 3.17. The Morgan fingerprint density at radius 1 is 1.28 bits per heavy atom. The van der Waals surface area contributed by atoms with Gasteiger partial charge in [-0.2, -0.15) is 0 Å². The van der Waals surface area contributed by atoms with Crippen LogP contribution >= 0.6 is 22.9 Å². The van der Waals surface area contributed by atoms with Crippen LogP contribution in [0.5, 0.6) is 5.75 Å². The fourth-order valence-electron chi connectivity index (χ4n) is 2.53. The summed E-state index contributed by atoms with van der Waals surface area (Å²) in [6.45, 7) is 2.79. The molecule has 3 aromatic rings. The van der Waals surface area contributed by atoms with Gasteiger partial charge in [-0.05, 0) is 42.8 Å². The molecule has 0 unspecified atom stereocenters. The van der Waals surface area contributed by atoms with Crippen LogP contribution in [-0.4, -0.2) is 22.4 Å². The maximum Gasteiger partial charge on any atom is 0.283 e. The average molecular weight is 432 g/mol. The van der Waals surface area contributed by atoms with Crippen LogP contribution in [0.1, 0.15) is 30.1 Å². The fourth-order valence-corrected chi connectivity index (χ4v) is 3.41. The highest BCUT2D eigenvalue weighted by molar-refractivity contribution is 7.14. The number of anilines is 1. The number of amides is 1. The summed E-state index contributed by atoms with van der Waals surface area (Å²) >= 11 is 7.02. The van der Waals surface area contributed by atoms with E-state index in [1.165, 1.54) is 23.5 Å². The third-order valence-electron chi connectivity index (χ3n) is 4.04. The first-order valence-electron chi connectivity index (χ1n) is 8.92. The van der Waals surface area contributed by atoms with Gasteiger partial charge in [-0.1, -0.05) is 24.9 Å². The van der Waals surface area contributed by atoms with Gasteiger partial charge in [0.15, 0.2) is 5.13 Å². The largest absolute Gasteiger partial charge is 0.494 e. The zero-order chi connectivity index (χ0) is 20.8. The molecule has 0 radical (unpaired) electrons. The number of nitrogens with one attached hydrogen (secondary N) is 1. The predicted octanol–water partition coefficient (Wildman–Crippen LogP) is 5.80. The molecule has 0 atom stereocenters. The second-order valence-corrected chi connectivity index (χ2v) is 7.43. The molecule has 3 rings (SSSR count). The Labute approximate surface area is 176 Å². The van der Waals surface area contributed by atoms with E-state index in [4.69, 9.17) is 16.3 Å². The van der Waals surface area contributed by atoms with Gasteiger partial charge in [0.1, 0.15) is 11.3 Å². The van der Waals surface area contributed by atoms with Crippen molar-refractivity contribution in [1.82, 2.24) is 4.98 Å². The zero-order valence-electron chi connectivity index (χ0n) is 15.6. The minimum Gasteiger partial charge on any atom is -0.494 e. The van der Waals surface area contributed by atoms with Gasteiger partial charge >= 0.3 is 0 Å². The van der Waals surface area contributed by atoms with Gasteiger partial charge in [-0.25, -0.2) is 4.98 Å². The highest BCUT2D eigenvalue weighted by Crippen LogP contribution is 2.28. The van der Waals surface area contributed by atoms with E-state index in [-0.39, 0.29) is 16.3 Å². The van der Waals surface area contributed by atoms with Crippen molar-refractivity contribution < 1.29 is 14.5 Å². The van der Waals surface area contributed by atoms with Crippen molar-refractivity contribution in [3.05, 3.63) is 68.5 Å². The van der Waals surface area contributed by atoms with Gasteiger partial charge < -0.3 is 4.74 Å². The van der Waals surface area contributed by atoms with E-state index in [0.29, 0.717) is 17.4 Å². The minimum absolute atomic E-state index is 0.0790. The lowest BCUT2D eigenvalue weighted by molar-refractivity contribution is -0.385. The standard InChI is InChI=1S/C20H18ClN3O4S/c1-2-3-10-28-15-7-4-13(5-8-15)17-12-29-20(22-17)23-19(25)16-9-6-14(21)11-18(16)24(26)27/h4-9,11-12H,2-3,10H2,1H3,(H,22,23,25). The van der Waals surface area contributed by atoms with Gasteiger partial charge in [0.25, 0.3) is 11.6 Å². The third kappa shape index (κ3) is 5.30. The monoisotopic (exact) mass is 431 g/mol. The number of benzene rings is 2. The molecule has 29 heavy (non-hydrogen) atoms. The van der Waals surface area contributed by atoms with Crippen LogP contribution in [-0.2, 0) is 0 Å². The highest BCUT2D eigenvalue weighted by Gasteiger charge is 2.21. The molecule has 0 saturated carbocycles. The minimum atomic E-state index is -0.641. The van der Waals surface area contributed by atoms with Crippen molar-refractivity contribution in [2.75, 3.05) is 11.9 Å². The Morgan fingerprint density at radius 2 is 2.03 bits per heavy atom. The molecule has 0 bridgehead atoms. The molecule has 9 heteroatoms. The van der Waals surface area contributed by atoms with E-state index in [1.54, 1.807) is 5.38 Å². The molecule has 0 fully saturated rings. The normalized spacial score (nSPS) is 10.6. The Bertz CT molecular complexity index is 1020. The van der Waals surface area contributed by atoms with Crippen LogP contribution in [0, 0.1) is 10.1 Å². The molecule has 150 valence electrons. The van der Waals surface area contributed by atoms with Crippen LogP contribution < -0.4 is 10.1 Å². The number of carbonyl (C=O) groups is 1. The van der Waals surface area contributed by atoms with Crippen LogP contribution in [0.25, 0.3) is 11.3 Å². The topological polar surface area (TPSA) is 94.4 Å². The molecule has 7 nitrogen and oxygen atoms in total. The Kier molecular flexibility index (Phi) is 6.79. The lowest BCUT2D eigenvalue weighted by atomic mass is 10.1. The predicted molar refractivity (Wildman–Crippen MR) is 114 cm³/mol. The van der Waals surface area contributed by atoms with Crippen molar-refractivity contribution in [1.29, 1.82) is 0 Å². The lowest BCUT2D eigenvalue weighted by Crippen LogP contribution is -2.13. The molecule has 0 saturated heterocycles. The summed E-state index contributed by atoms with van der Waals surface area (Å²) in [6.07, 6.45) is 2.08. The second-order valence-electron chi connectivity index (χ2n) is 6.14. The molecule has 2 aromatic carbocycles. The molecule has 1 N–H and O–H groups in total. The van der Waals surface area contributed by atoms with Gasteiger partial charge in [-0.3, -0.25) is 20.2 Å². The van der Waals surface area contributed by atoms with E-state index < -0.39 is 10.8 Å². The summed E-state index contributed by atoms with van der Waals surface area (Å²) in [5.41, 5.74) is 1.13. The number of rotatable bonds is 8. The van der Waals surface area contributed by atoms with Gasteiger partial charge in [0.05, 0.1) is 17.2 Å². The van der Waals surface area contributed by atoms with Crippen molar-refractivity contribution in [2.24, 2.45) is 0 Å². The maximum atomic E-state index is 12.5. The Hall–Kier alpha value is -2.97. The number of hydrogen-bond acceptors (Lipinski definition) is 6. The fraction of sp³-hybridized carbons (Fsp3) is 0.200. The van der Waals surface area contributed by atoms with E-state index in [9.17, 15) is 14.9 Å². The van der Waals surface area contributed by atoms with Crippen molar-refractivity contribution in [3.8, 4) is 17.0 Å². The summed E-state index contributed by atoms with van der Waals surface area (Å²) in [5, 5.41) is 16.1. The lowest BCUT2D eigenvalue weighted by Gasteiger charge is -2.05. The van der Waals surface area contributed by atoms with Crippen LogP contribution in [0.3, 0.4) is 0 Å². The smallest absolute Gasteiger partial charge is 0.283 e. The number of halogens is 1. The Balaban J connectivity index is 1.71.